The molecule has 15 heavy (non-hydrogen) atoms. The molecular formula is C9H8ClNO4. The van der Waals surface area contributed by atoms with Crippen molar-refractivity contribution >= 4 is 23.5 Å². The summed E-state index contributed by atoms with van der Waals surface area (Å²) in [6.45, 7) is 3.15. The largest absolute Gasteiger partial charge is 0.478 e. The van der Waals surface area contributed by atoms with E-state index in [1.165, 1.54) is 0 Å². The van der Waals surface area contributed by atoms with Crippen LogP contribution in [-0.4, -0.2) is 27.1 Å². The van der Waals surface area contributed by atoms with Crippen LogP contribution >= 0.6 is 11.6 Å². The van der Waals surface area contributed by atoms with Crippen molar-refractivity contribution in [3.8, 4) is 0 Å². The fourth-order valence-electron chi connectivity index (χ4n) is 1.11. The van der Waals surface area contributed by atoms with Crippen LogP contribution in [0.25, 0.3) is 0 Å². The van der Waals surface area contributed by atoms with Crippen molar-refractivity contribution in [2.24, 2.45) is 0 Å². The molecule has 80 valence electrons. The van der Waals surface area contributed by atoms with Gasteiger partial charge in [-0.3, -0.25) is 0 Å². The minimum absolute atomic E-state index is 0.0765. The lowest BCUT2D eigenvalue weighted by Gasteiger charge is -2.08. The molecule has 0 bridgehead atoms. The first-order chi connectivity index (χ1) is 6.86. The van der Waals surface area contributed by atoms with Crippen molar-refractivity contribution in [3.05, 3.63) is 27.5 Å². The normalized spacial score (nSPS) is 10.1. The number of aromatic carboxylic acids is 2. The van der Waals surface area contributed by atoms with Gasteiger partial charge in [0.15, 0.2) is 5.69 Å². The number of nitrogens with zero attached hydrogens (tertiary/aromatic N) is 1. The summed E-state index contributed by atoms with van der Waals surface area (Å²) < 4.78 is 0. The van der Waals surface area contributed by atoms with E-state index in [0.29, 0.717) is 11.3 Å². The Morgan fingerprint density at radius 2 is 1.73 bits per heavy atom. The zero-order valence-electron chi connectivity index (χ0n) is 8.04. The van der Waals surface area contributed by atoms with Gasteiger partial charge in [0.25, 0.3) is 0 Å². The fraction of sp³-hybridized carbons (Fsp3) is 0.222. The van der Waals surface area contributed by atoms with Gasteiger partial charge in [-0.25, -0.2) is 14.6 Å². The number of carboxylic acid groups (broad SMARTS) is 2. The molecule has 0 saturated heterocycles. The van der Waals surface area contributed by atoms with Crippen molar-refractivity contribution in [2.75, 3.05) is 0 Å². The number of hydrogen-bond donors (Lipinski definition) is 2. The number of rotatable bonds is 2. The molecule has 0 aliphatic rings. The predicted molar refractivity (Wildman–Crippen MR) is 52.6 cm³/mol. The zero-order valence-corrected chi connectivity index (χ0v) is 8.79. The highest BCUT2D eigenvalue weighted by molar-refractivity contribution is 6.35. The maximum Gasteiger partial charge on any atom is 0.355 e. The Morgan fingerprint density at radius 3 is 2.13 bits per heavy atom. The number of carbonyl (C=O) groups is 2. The molecular weight excluding hydrogens is 222 g/mol. The van der Waals surface area contributed by atoms with Crippen molar-refractivity contribution in [1.29, 1.82) is 0 Å². The average Bonchev–Trinajstić information content (AvgIpc) is 2.12. The van der Waals surface area contributed by atoms with E-state index in [4.69, 9.17) is 21.8 Å². The Kier molecular flexibility index (Phi) is 2.95. The second-order valence-corrected chi connectivity index (χ2v) is 3.35. The smallest absolute Gasteiger partial charge is 0.355 e. The number of hydrogen-bond acceptors (Lipinski definition) is 3. The minimum Gasteiger partial charge on any atom is -0.478 e. The van der Waals surface area contributed by atoms with Gasteiger partial charge in [-0.15, -0.1) is 0 Å². The van der Waals surface area contributed by atoms with Crippen LogP contribution in [0.15, 0.2) is 0 Å². The van der Waals surface area contributed by atoms with Crippen LogP contribution in [-0.2, 0) is 0 Å². The van der Waals surface area contributed by atoms with Crippen LogP contribution in [0.1, 0.15) is 32.1 Å². The number of aryl methyl sites for hydroxylation is 1. The van der Waals surface area contributed by atoms with Crippen molar-refractivity contribution in [2.45, 2.75) is 13.8 Å². The van der Waals surface area contributed by atoms with E-state index < -0.39 is 23.2 Å². The van der Waals surface area contributed by atoms with Gasteiger partial charge < -0.3 is 10.2 Å². The van der Waals surface area contributed by atoms with Crippen molar-refractivity contribution in [3.63, 3.8) is 0 Å². The Balaban J connectivity index is 3.65. The molecule has 1 heterocycles. The molecule has 0 unspecified atom stereocenters. The molecule has 0 amide bonds. The molecule has 6 heteroatoms. The summed E-state index contributed by atoms with van der Waals surface area (Å²) in [5.41, 5.74) is -0.121. The van der Waals surface area contributed by atoms with Gasteiger partial charge in [-0.05, 0) is 19.4 Å². The molecule has 0 fully saturated rings. The summed E-state index contributed by atoms with van der Waals surface area (Å²) >= 11 is 5.76. The van der Waals surface area contributed by atoms with Crippen LogP contribution in [0.3, 0.4) is 0 Å². The third-order valence-electron chi connectivity index (χ3n) is 2.02. The van der Waals surface area contributed by atoms with Crippen LogP contribution in [0.2, 0.25) is 5.02 Å². The van der Waals surface area contributed by atoms with Gasteiger partial charge in [0.2, 0.25) is 0 Å². The van der Waals surface area contributed by atoms with Gasteiger partial charge in [-0.2, -0.15) is 0 Å². The average molecular weight is 230 g/mol. The maximum atomic E-state index is 10.8. The summed E-state index contributed by atoms with van der Waals surface area (Å²) in [5, 5.41) is 17.5. The highest BCUT2D eigenvalue weighted by atomic mass is 35.5. The van der Waals surface area contributed by atoms with E-state index in [9.17, 15) is 9.59 Å². The Hall–Kier alpha value is -1.62. The summed E-state index contributed by atoms with van der Waals surface area (Å²) in [4.78, 5) is 25.3. The molecule has 1 rings (SSSR count). The van der Waals surface area contributed by atoms with Crippen molar-refractivity contribution < 1.29 is 19.8 Å². The first-order valence-electron chi connectivity index (χ1n) is 3.99. The monoisotopic (exact) mass is 229 g/mol. The molecule has 0 aliphatic carbocycles. The second-order valence-electron chi connectivity index (χ2n) is 2.97. The Labute approximate surface area is 90.3 Å². The summed E-state index contributed by atoms with van der Waals surface area (Å²) in [6, 6.07) is 0. The molecule has 5 nitrogen and oxygen atoms in total. The van der Waals surface area contributed by atoms with Gasteiger partial charge >= 0.3 is 11.9 Å². The quantitative estimate of drug-likeness (QED) is 0.807. The van der Waals surface area contributed by atoms with Gasteiger partial charge in [-0.1, -0.05) is 11.6 Å². The van der Waals surface area contributed by atoms with Gasteiger partial charge in [0, 0.05) is 5.69 Å². The number of pyridine rings is 1. The van der Waals surface area contributed by atoms with E-state index in [1.807, 2.05) is 0 Å². The van der Waals surface area contributed by atoms with Gasteiger partial charge in [0.1, 0.15) is 5.56 Å². The summed E-state index contributed by atoms with van der Waals surface area (Å²) in [5.74, 6) is -2.80. The third-order valence-corrected chi connectivity index (χ3v) is 2.50. The number of halogens is 1. The fourth-order valence-corrected chi connectivity index (χ4v) is 1.41. The standard InChI is InChI=1S/C9H8ClNO4/c1-3-4(2)11-7(9(14)15)5(6(3)10)8(12)13/h1-2H3,(H,12,13)(H,14,15). The molecule has 1 aromatic rings. The Morgan fingerprint density at radius 1 is 1.20 bits per heavy atom. The molecule has 0 atom stereocenters. The van der Waals surface area contributed by atoms with E-state index in [0.717, 1.165) is 0 Å². The Bertz CT molecular complexity index is 456. The number of aromatic nitrogens is 1. The van der Waals surface area contributed by atoms with Crippen molar-refractivity contribution in [1.82, 2.24) is 4.98 Å². The van der Waals surface area contributed by atoms with Gasteiger partial charge in [0.05, 0.1) is 5.02 Å². The molecule has 0 aromatic carbocycles. The first kappa shape index (κ1) is 11.5. The highest BCUT2D eigenvalue weighted by Crippen LogP contribution is 2.25. The lowest BCUT2D eigenvalue weighted by molar-refractivity contribution is 0.0646. The highest BCUT2D eigenvalue weighted by Gasteiger charge is 2.23. The maximum absolute atomic E-state index is 10.8. The topological polar surface area (TPSA) is 87.5 Å². The summed E-state index contributed by atoms with van der Waals surface area (Å²) in [6.07, 6.45) is 0. The molecule has 2 N–H and O–H groups in total. The molecule has 0 spiro atoms. The van der Waals surface area contributed by atoms with E-state index >= 15 is 0 Å². The summed E-state index contributed by atoms with van der Waals surface area (Å²) in [7, 11) is 0. The lowest BCUT2D eigenvalue weighted by Crippen LogP contribution is -2.13. The van der Waals surface area contributed by atoms with Crippen LogP contribution in [0.5, 0.6) is 0 Å². The molecule has 1 aromatic heterocycles. The SMILES string of the molecule is Cc1nc(C(=O)O)c(C(=O)O)c(Cl)c1C. The van der Waals surface area contributed by atoms with Crippen LogP contribution in [0, 0.1) is 13.8 Å². The third kappa shape index (κ3) is 1.92. The lowest BCUT2D eigenvalue weighted by atomic mass is 10.1. The molecule has 0 radical (unpaired) electrons. The van der Waals surface area contributed by atoms with E-state index in [1.54, 1.807) is 13.8 Å². The predicted octanol–water partition coefficient (Wildman–Crippen LogP) is 1.75. The van der Waals surface area contributed by atoms with Crippen LogP contribution < -0.4 is 0 Å². The van der Waals surface area contributed by atoms with E-state index in [-0.39, 0.29) is 5.02 Å². The van der Waals surface area contributed by atoms with E-state index in [2.05, 4.69) is 4.98 Å². The molecule has 0 aliphatic heterocycles. The molecule has 0 saturated carbocycles. The second kappa shape index (κ2) is 3.86. The van der Waals surface area contributed by atoms with Crippen LogP contribution in [0.4, 0.5) is 0 Å². The minimum atomic E-state index is -1.41. The first-order valence-corrected chi connectivity index (χ1v) is 4.37. The zero-order chi connectivity index (χ0) is 11.7. The number of carboxylic acids is 2.